The van der Waals surface area contributed by atoms with Gasteiger partial charge in [0.15, 0.2) is 0 Å². The summed E-state index contributed by atoms with van der Waals surface area (Å²) in [6.45, 7) is 4.07. The van der Waals surface area contributed by atoms with E-state index in [0.717, 1.165) is 16.7 Å². The molecule has 1 aromatic carbocycles. The average Bonchev–Trinajstić information content (AvgIpc) is 2.71. The minimum atomic E-state index is 0.0496. The Balaban J connectivity index is 1.92. The van der Waals surface area contributed by atoms with Gasteiger partial charge in [-0.15, -0.1) is 0 Å². The number of hydrogen-bond donors (Lipinski definition) is 1. The Morgan fingerprint density at radius 2 is 2.06 bits per heavy atom. The second-order valence-corrected chi connectivity index (χ2v) is 4.91. The predicted octanol–water partition coefficient (Wildman–Crippen LogP) is 2.54. The van der Waals surface area contributed by atoms with E-state index in [4.69, 9.17) is 0 Å². The zero-order valence-corrected chi connectivity index (χ0v) is 11.9. The van der Waals surface area contributed by atoms with Crippen LogP contribution in [0, 0.1) is 0 Å². The molecule has 1 heterocycles. The van der Waals surface area contributed by atoms with Crippen LogP contribution < -0.4 is 11.0 Å². The first-order valence-corrected chi connectivity index (χ1v) is 6.75. The summed E-state index contributed by atoms with van der Waals surface area (Å²) in [5.74, 6) is 0. The molecule has 0 unspecified atom stereocenters. The van der Waals surface area contributed by atoms with Gasteiger partial charge in [-0.2, -0.15) is 0 Å². The van der Waals surface area contributed by atoms with Gasteiger partial charge >= 0.3 is 5.69 Å². The van der Waals surface area contributed by atoms with E-state index in [1.165, 1.54) is 0 Å². The van der Waals surface area contributed by atoms with E-state index in [1.54, 1.807) is 9.13 Å². The lowest BCUT2D eigenvalue weighted by Gasteiger charge is -2.06. The standard InChI is InChI=1S/C13H16BrN3O/c1-2-16-8-9-17(13(16)18)7-6-15-12-5-3-4-11(14)10-12/h3-5,8-10,15H,2,6-7H2,1H3. The fourth-order valence-corrected chi connectivity index (χ4v) is 2.18. The van der Waals surface area contributed by atoms with Crippen molar-refractivity contribution in [3.63, 3.8) is 0 Å². The molecular weight excluding hydrogens is 294 g/mol. The number of halogens is 1. The van der Waals surface area contributed by atoms with E-state index in [9.17, 15) is 4.79 Å². The molecule has 5 heteroatoms. The third kappa shape index (κ3) is 3.04. The summed E-state index contributed by atoms with van der Waals surface area (Å²) in [6.07, 6.45) is 3.65. The summed E-state index contributed by atoms with van der Waals surface area (Å²) in [4.78, 5) is 11.8. The molecule has 0 saturated carbocycles. The van der Waals surface area contributed by atoms with Gasteiger partial charge in [0.05, 0.1) is 0 Å². The van der Waals surface area contributed by atoms with Crippen LogP contribution >= 0.6 is 15.9 Å². The van der Waals surface area contributed by atoms with Gasteiger partial charge < -0.3 is 5.32 Å². The Bertz CT molecular complexity index is 574. The lowest BCUT2D eigenvalue weighted by Crippen LogP contribution is -2.25. The van der Waals surface area contributed by atoms with Crippen LogP contribution in [0.5, 0.6) is 0 Å². The molecule has 0 fully saturated rings. The van der Waals surface area contributed by atoms with Gasteiger partial charge in [0.25, 0.3) is 0 Å². The third-order valence-corrected chi connectivity index (χ3v) is 3.26. The first-order valence-electron chi connectivity index (χ1n) is 5.95. The molecular formula is C13H16BrN3O. The van der Waals surface area contributed by atoms with E-state index in [2.05, 4.69) is 21.2 Å². The molecule has 18 heavy (non-hydrogen) atoms. The van der Waals surface area contributed by atoms with Crippen LogP contribution in [-0.4, -0.2) is 15.7 Å². The van der Waals surface area contributed by atoms with Crippen LogP contribution in [0.25, 0.3) is 0 Å². The molecule has 1 N–H and O–H groups in total. The molecule has 0 aliphatic carbocycles. The molecule has 0 spiro atoms. The van der Waals surface area contributed by atoms with Gasteiger partial charge in [-0.1, -0.05) is 22.0 Å². The number of imidazole rings is 1. The van der Waals surface area contributed by atoms with E-state index in [1.807, 2.05) is 43.6 Å². The number of rotatable bonds is 5. The highest BCUT2D eigenvalue weighted by Gasteiger charge is 2.00. The van der Waals surface area contributed by atoms with E-state index in [0.29, 0.717) is 13.1 Å². The summed E-state index contributed by atoms with van der Waals surface area (Å²) < 4.78 is 4.45. The molecule has 0 aliphatic heterocycles. The quantitative estimate of drug-likeness (QED) is 0.922. The van der Waals surface area contributed by atoms with Gasteiger partial charge in [0.2, 0.25) is 0 Å². The van der Waals surface area contributed by atoms with Crippen LogP contribution in [0.4, 0.5) is 5.69 Å². The van der Waals surface area contributed by atoms with Crippen molar-refractivity contribution in [2.45, 2.75) is 20.0 Å². The Hall–Kier alpha value is -1.49. The topological polar surface area (TPSA) is 39.0 Å². The molecule has 96 valence electrons. The summed E-state index contributed by atoms with van der Waals surface area (Å²) in [6, 6.07) is 7.98. The van der Waals surface area contributed by atoms with E-state index in [-0.39, 0.29) is 5.69 Å². The summed E-state index contributed by atoms with van der Waals surface area (Å²) in [7, 11) is 0. The minimum absolute atomic E-state index is 0.0496. The monoisotopic (exact) mass is 309 g/mol. The molecule has 0 bridgehead atoms. The van der Waals surface area contributed by atoms with Gasteiger partial charge in [0.1, 0.15) is 0 Å². The highest BCUT2D eigenvalue weighted by atomic mass is 79.9. The number of aryl methyl sites for hydroxylation is 1. The number of nitrogens with zero attached hydrogens (tertiary/aromatic N) is 2. The number of anilines is 1. The van der Waals surface area contributed by atoms with Crippen molar-refractivity contribution in [2.24, 2.45) is 0 Å². The number of benzene rings is 1. The van der Waals surface area contributed by atoms with Crippen LogP contribution in [0.2, 0.25) is 0 Å². The molecule has 2 rings (SSSR count). The van der Waals surface area contributed by atoms with Crippen molar-refractivity contribution in [1.82, 2.24) is 9.13 Å². The Morgan fingerprint density at radius 3 is 2.72 bits per heavy atom. The predicted molar refractivity (Wildman–Crippen MR) is 77.0 cm³/mol. The van der Waals surface area contributed by atoms with E-state index >= 15 is 0 Å². The molecule has 0 aliphatic rings. The van der Waals surface area contributed by atoms with Crippen LogP contribution in [0.15, 0.2) is 45.9 Å². The fraction of sp³-hybridized carbons (Fsp3) is 0.308. The average molecular weight is 310 g/mol. The number of hydrogen-bond acceptors (Lipinski definition) is 2. The Labute approximate surface area is 114 Å². The van der Waals surface area contributed by atoms with Crippen molar-refractivity contribution in [3.8, 4) is 0 Å². The van der Waals surface area contributed by atoms with Gasteiger partial charge in [-0.05, 0) is 25.1 Å². The molecule has 0 amide bonds. The molecule has 1 aromatic heterocycles. The van der Waals surface area contributed by atoms with Gasteiger partial charge in [0, 0.05) is 42.2 Å². The van der Waals surface area contributed by atoms with Crippen molar-refractivity contribution >= 4 is 21.6 Å². The second kappa shape index (κ2) is 5.91. The molecule has 0 radical (unpaired) electrons. The van der Waals surface area contributed by atoms with Crippen molar-refractivity contribution < 1.29 is 0 Å². The lowest BCUT2D eigenvalue weighted by atomic mass is 10.3. The maximum atomic E-state index is 11.8. The highest BCUT2D eigenvalue weighted by molar-refractivity contribution is 9.10. The summed E-state index contributed by atoms with van der Waals surface area (Å²) >= 11 is 3.42. The SMILES string of the molecule is CCn1ccn(CCNc2cccc(Br)c2)c1=O. The summed E-state index contributed by atoms with van der Waals surface area (Å²) in [5.41, 5.74) is 1.10. The van der Waals surface area contributed by atoms with Crippen LogP contribution in [0.1, 0.15) is 6.92 Å². The molecule has 4 nitrogen and oxygen atoms in total. The molecule has 2 aromatic rings. The first-order chi connectivity index (χ1) is 8.70. The van der Waals surface area contributed by atoms with Gasteiger partial charge in [-0.3, -0.25) is 9.13 Å². The fourth-order valence-electron chi connectivity index (χ4n) is 1.78. The van der Waals surface area contributed by atoms with Crippen LogP contribution in [0.3, 0.4) is 0 Å². The summed E-state index contributed by atoms with van der Waals surface area (Å²) in [5, 5.41) is 3.29. The third-order valence-electron chi connectivity index (χ3n) is 2.77. The van der Waals surface area contributed by atoms with Crippen molar-refractivity contribution in [2.75, 3.05) is 11.9 Å². The minimum Gasteiger partial charge on any atom is -0.383 e. The maximum absolute atomic E-state index is 11.8. The maximum Gasteiger partial charge on any atom is 0.328 e. The number of aromatic nitrogens is 2. The zero-order valence-electron chi connectivity index (χ0n) is 10.3. The zero-order chi connectivity index (χ0) is 13.0. The van der Waals surface area contributed by atoms with Gasteiger partial charge in [-0.25, -0.2) is 4.79 Å². The lowest BCUT2D eigenvalue weighted by molar-refractivity contribution is 0.642. The Kier molecular flexibility index (Phi) is 4.25. The van der Waals surface area contributed by atoms with Crippen LogP contribution in [-0.2, 0) is 13.1 Å². The smallest absolute Gasteiger partial charge is 0.328 e. The van der Waals surface area contributed by atoms with Crippen molar-refractivity contribution in [3.05, 3.63) is 51.6 Å². The molecule has 0 atom stereocenters. The van der Waals surface area contributed by atoms with E-state index < -0.39 is 0 Å². The first kappa shape index (κ1) is 13.0. The molecule has 0 saturated heterocycles. The number of nitrogens with one attached hydrogen (secondary N) is 1. The Morgan fingerprint density at radius 1 is 1.28 bits per heavy atom. The normalized spacial score (nSPS) is 10.6. The largest absolute Gasteiger partial charge is 0.383 e. The van der Waals surface area contributed by atoms with Crippen molar-refractivity contribution in [1.29, 1.82) is 0 Å². The second-order valence-electron chi connectivity index (χ2n) is 4.00. The highest BCUT2D eigenvalue weighted by Crippen LogP contribution is 2.15.